The third-order valence-electron chi connectivity index (χ3n) is 4.90. The van der Waals surface area contributed by atoms with Gasteiger partial charge >= 0.3 is 0 Å². The van der Waals surface area contributed by atoms with E-state index in [1.54, 1.807) is 0 Å². The summed E-state index contributed by atoms with van der Waals surface area (Å²) in [4.78, 5) is 7.04. The van der Waals surface area contributed by atoms with Gasteiger partial charge in [0.05, 0.1) is 13.2 Å². The summed E-state index contributed by atoms with van der Waals surface area (Å²) in [5, 5.41) is 17.2. The van der Waals surface area contributed by atoms with Crippen molar-refractivity contribution in [3.63, 3.8) is 0 Å². The summed E-state index contributed by atoms with van der Waals surface area (Å²) in [5.74, 6) is 0.827. The molecule has 6 heteroatoms. The number of hydrogen-bond acceptors (Lipinski definition) is 3. The van der Waals surface area contributed by atoms with Crippen molar-refractivity contribution in [2.75, 3.05) is 37.7 Å². The molecule has 0 bridgehead atoms. The van der Waals surface area contributed by atoms with Crippen LogP contribution in [0.1, 0.15) is 33.6 Å². The van der Waals surface area contributed by atoms with Crippen LogP contribution in [0.5, 0.6) is 0 Å². The van der Waals surface area contributed by atoms with Gasteiger partial charge in [-0.3, -0.25) is 4.99 Å². The summed E-state index contributed by atoms with van der Waals surface area (Å²) in [6.07, 6.45) is 1.96. The van der Waals surface area contributed by atoms with Gasteiger partial charge in [0.2, 0.25) is 0 Å². The molecule has 0 saturated carbocycles. The minimum atomic E-state index is -0.162. The van der Waals surface area contributed by atoms with Gasteiger partial charge in [0.1, 0.15) is 0 Å². The van der Waals surface area contributed by atoms with Crippen LogP contribution in [-0.4, -0.2) is 49.9 Å². The molecule has 0 aliphatic carbocycles. The largest absolute Gasteiger partial charge is 0.396 e. The zero-order chi connectivity index (χ0) is 18.3. The zero-order valence-corrected chi connectivity index (χ0v) is 16.3. The van der Waals surface area contributed by atoms with Crippen LogP contribution in [0.3, 0.4) is 0 Å². The molecule has 0 spiro atoms. The van der Waals surface area contributed by atoms with Crippen molar-refractivity contribution in [3.8, 4) is 0 Å². The van der Waals surface area contributed by atoms with Crippen LogP contribution in [0.25, 0.3) is 0 Å². The first kappa shape index (κ1) is 19.9. The fourth-order valence-electron chi connectivity index (χ4n) is 2.84. The van der Waals surface area contributed by atoms with Gasteiger partial charge in [-0.25, -0.2) is 0 Å². The highest BCUT2D eigenvalue weighted by Crippen LogP contribution is 2.23. The smallest absolute Gasteiger partial charge is 0.191 e. The number of guanidine groups is 1. The first-order valence-electron chi connectivity index (χ1n) is 9.16. The number of aliphatic hydroxyl groups is 1. The average Bonchev–Trinajstić information content (AvgIpc) is 3.08. The maximum atomic E-state index is 9.57. The number of aliphatic hydroxyl groups excluding tert-OH is 1. The summed E-state index contributed by atoms with van der Waals surface area (Å²) in [6.45, 7) is 9.73. The quantitative estimate of drug-likeness (QED) is 0.513. The van der Waals surface area contributed by atoms with Crippen molar-refractivity contribution < 1.29 is 5.11 Å². The van der Waals surface area contributed by atoms with E-state index in [0.29, 0.717) is 12.6 Å². The van der Waals surface area contributed by atoms with Crippen LogP contribution in [0.4, 0.5) is 5.69 Å². The molecule has 0 radical (unpaired) electrons. The lowest BCUT2D eigenvalue weighted by Crippen LogP contribution is -2.45. The van der Waals surface area contributed by atoms with Crippen LogP contribution in [0.2, 0.25) is 5.02 Å². The van der Waals surface area contributed by atoms with E-state index in [1.165, 1.54) is 0 Å². The van der Waals surface area contributed by atoms with Gasteiger partial charge in [0, 0.05) is 41.8 Å². The lowest BCUT2D eigenvalue weighted by Gasteiger charge is -2.25. The second kappa shape index (κ2) is 9.30. The summed E-state index contributed by atoms with van der Waals surface area (Å²) in [7, 11) is 0. The van der Waals surface area contributed by atoms with Gasteiger partial charge < -0.3 is 20.6 Å². The zero-order valence-electron chi connectivity index (χ0n) is 15.6. The van der Waals surface area contributed by atoms with E-state index in [-0.39, 0.29) is 12.0 Å². The number of hydrogen-bond donors (Lipinski definition) is 3. The van der Waals surface area contributed by atoms with Gasteiger partial charge in [-0.15, -0.1) is 0 Å². The van der Waals surface area contributed by atoms with E-state index in [1.807, 2.05) is 18.2 Å². The summed E-state index contributed by atoms with van der Waals surface area (Å²) in [5.41, 5.74) is 1.00. The number of aliphatic imine (C=N–C) groups is 1. The Morgan fingerprint density at radius 2 is 2.24 bits per heavy atom. The molecule has 3 N–H and O–H groups in total. The highest BCUT2D eigenvalue weighted by atomic mass is 35.5. The van der Waals surface area contributed by atoms with Gasteiger partial charge in [0.25, 0.3) is 0 Å². The molecule has 1 saturated heterocycles. The number of rotatable bonds is 7. The molecule has 25 heavy (non-hydrogen) atoms. The monoisotopic (exact) mass is 366 g/mol. The predicted molar refractivity (Wildman–Crippen MR) is 107 cm³/mol. The van der Waals surface area contributed by atoms with Crippen molar-refractivity contribution in [3.05, 3.63) is 29.3 Å². The van der Waals surface area contributed by atoms with Crippen molar-refractivity contribution in [2.24, 2.45) is 10.4 Å². The normalized spacial score (nSPS) is 20.4. The van der Waals surface area contributed by atoms with Crippen LogP contribution in [-0.2, 0) is 0 Å². The Morgan fingerprint density at radius 3 is 2.88 bits per heavy atom. The number of halogens is 1. The van der Waals surface area contributed by atoms with Crippen molar-refractivity contribution in [2.45, 2.75) is 39.7 Å². The first-order valence-corrected chi connectivity index (χ1v) is 9.53. The molecule has 0 amide bonds. The fraction of sp³-hybridized carbons (Fsp3) is 0.632. The Hall–Kier alpha value is -1.46. The van der Waals surface area contributed by atoms with E-state index >= 15 is 0 Å². The van der Waals surface area contributed by atoms with Gasteiger partial charge in [-0.1, -0.05) is 31.5 Å². The van der Waals surface area contributed by atoms with E-state index in [0.717, 1.165) is 49.1 Å². The molecule has 140 valence electrons. The maximum absolute atomic E-state index is 9.57. The maximum Gasteiger partial charge on any atom is 0.191 e. The van der Waals surface area contributed by atoms with Crippen molar-refractivity contribution in [1.29, 1.82) is 0 Å². The molecule has 1 aromatic carbocycles. The molecule has 2 atom stereocenters. The van der Waals surface area contributed by atoms with Gasteiger partial charge in [-0.2, -0.15) is 0 Å². The van der Waals surface area contributed by atoms with E-state index in [2.05, 4.69) is 42.4 Å². The highest BCUT2D eigenvalue weighted by Gasteiger charge is 2.25. The number of nitrogens with one attached hydrogen (secondary N) is 2. The second-order valence-corrected chi connectivity index (χ2v) is 7.51. The molecular weight excluding hydrogens is 336 g/mol. The fourth-order valence-corrected chi connectivity index (χ4v) is 3.03. The molecule has 2 rings (SSSR count). The van der Waals surface area contributed by atoms with Crippen molar-refractivity contribution in [1.82, 2.24) is 10.6 Å². The number of nitrogens with zero attached hydrogens (tertiary/aromatic N) is 2. The topological polar surface area (TPSA) is 59.9 Å². The third kappa shape index (κ3) is 5.79. The first-order chi connectivity index (χ1) is 12.0. The molecule has 1 heterocycles. The molecular formula is C19H31ClN4O. The average molecular weight is 367 g/mol. The van der Waals surface area contributed by atoms with Crippen LogP contribution < -0.4 is 15.5 Å². The Balaban J connectivity index is 1.96. The van der Waals surface area contributed by atoms with E-state index in [4.69, 9.17) is 16.6 Å². The molecule has 1 aromatic rings. The minimum absolute atomic E-state index is 0.151. The van der Waals surface area contributed by atoms with E-state index < -0.39 is 0 Å². The van der Waals surface area contributed by atoms with Crippen molar-refractivity contribution >= 4 is 23.2 Å². The summed E-state index contributed by atoms with van der Waals surface area (Å²) >= 11 is 6.10. The molecule has 5 nitrogen and oxygen atoms in total. The van der Waals surface area contributed by atoms with E-state index in [9.17, 15) is 5.11 Å². The standard InChI is InChI=1S/C19H31ClN4O/c1-4-19(3,14-25)13-22-18(21-5-2)23-16-9-10-24(12-16)17-8-6-7-15(20)11-17/h6-8,11,16,25H,4-5,9-10,12-14H2,1-3H3,(H2,21,22,23). The number of benzene rings is 1. The second-order valence-electron chi connectivity index (χ2n) is 7.07. The highest BCUT2D eigenvalue weighted by molar-refractivity contribution is 6.30. The SMILES string of the molecule is CCNC(=NCC(C)(CC)CO)NC1CCN(c2cccc(Cl)c2)C1. The summed E-state index contributed by atoms with van der Waals surface area (Å²) < 4.78 is 0. The van der Waals surface area contributed by atoms with Crippen LogP contribution in [0.15, 0.2) is 29.3 Å². The van der Waals surface area contributed by atoms with Crippen LogP contribution >= 0.6 is 11.6 Å². The molecule has 0 aromatic heterocycles. The lowest BCUT2D eigenvalue weighted by atomic mass is 9.89. The van der Waals surface area contributed by atoms with Gasteiger partial charge in [0.15, 0.2) is 5.96 Å². The van der Waals surface area contributed by atoms with Gasteiger partial charge in [-0.05, 0) is 38.0 Å². The molecule has 1 aliphatic heterocycles. The molecule has 1 fully saturated rings. The minimum Gasteiger partial charge on any atom is -0.396 e. The Labute approximate surface area is 156 Å². The van der Waals surface area contributed by atoms with Crippen LogP contribution in [0, 0.1) is 5.41 Å². The lowest BCUT2D eigenvalue weighted by molar-refractivity contribution is 0.145. The Bertz CT molecular complexity index is 574. The predicted octanol–water partition coefficient (Wildman–Crippen LogP) is 2.88. The number of anilines is 1. The molecule has 2 unspecified atom stereocenters. The summed E-state index contributed by atoms with van der Waals surface area (Å²) in [6, 6.07) is 8.35. The molecule has 1 aliphatic rings. The third-order valence-corrected chi connectivity index (χ3v) is 5.14. The Kier molecular flexibility index (Phi) is 7.38. The Morgan fingerprint density at radius 1 is 1.44 bits per heavy atom.